The highest BCUT2D eigenvalue weighted by Gasteiger charge is 2.36. The normalized spacial score (nSPS) is 46.4. The number of hydrogen-bond acceptors (Lipinski definition) is 4. The molecule has 0 bridgehead atoms. The molecule has 0 radical (unpaired) electrons. The minimum Gasteiger partial charge on any atom is -0.493 e. The monoisotopic (exact) mass is 190 g/mol. The van der Waals surface area contributed by atoms with Crippen LogP contribution in [0.5, 0.6) is 0 Å². The van der Waals surface area contributed by atoms with Crippen molar-refractivity contribution in [3.8, 4) is 0 Å². The molecule has 12 heavy (non-hydrogen) atoms. The highest BCUT2D eigenvalue weighted by molar-refractivity contribution is 8.05. The Labute approximate surface area is 73.1 Å². The summed E-state index contributed by atoms with van der Waals surface area (Å²) < 4.78 is 15.6. The van der Waals surface area contributed by atoms with E-state index in [1.807, 2.05) is 0 Å². The molecule has 1 saturated heterocycles. The Morgan fingerprint density at radius 3 is 3.25 bits per heavy atom. The Kier molecular flexibility index (Phi) is 2.18. The second-order valence-electron chi connectivity index (χ2n) is 2.64. The number of hydrogen-bond donors (Lipinski definition) is 1. The lowest BCUT2D eigenvalue weighted by Gasteiger charge is -2.35. The Hall–Kier alpha value is -0.360. The van der Waals surface area contributed by atoms with Crippen LogP contribution in [-0.4, -0.2) is 35.9 Å². The van der Waals surface area contributed by atoms with Gasteiger partial charge in [-0.15, -0.1) is 0 Å². The van der Waals surface area contributed by atoms with E-state index < -0.39 is 17.1 Å². The van der Waals surface area contributed by atoms with Gasteiger partial charge in [-0.1, -0.05) is 0 Å². The lowest BCUT2D eigenvalue weighted by Crippen LogP contribution is -2.46. The maximum Gasteiger partial charge on any atom is 0.153 e. The molecule has 4 nitrogen and oxygen atoms in total. The van der Waals surface area contributed by atoms with Crippen LogP contribution in [0.2, 0.25) is 0 Å². The molecule has 4 atom stereocenters. The van der Waals surface area contributed by atoms with Crippen LogP contribution >= 0.6 is 11.0 Å². The number of rotatable bonds is 0. The van der Waals surface area contributed by atoms with Crippen molar-refractivity contribution in [2.45, 2.75) is 18.3 Å². The second-order valence-corrected chi connectivity index (χ2v) is 3.68. The van der Waals surface area contributed by atoms with Crippen LogP contribution < -0.4 is 0 Å². The molecule has 0 aromatic heterocycles. The van der Waals surface area contributed by atoms with E-state index in [-0.39, 0.29) is 12.2 Å². The Morgan fingerprint density at radius 1 is 1.58 bits per heavy atom. The van der Waals surface area contributed by atoms with E-state index in [0.29, 0.717) is 6.61 Å². The number of fused-ring (bicyclic) bond motifs is 1. The summed E-state index contributed by atoms with van der Waals surface area (Å²) in [6.07, 6.45) is 1.90. The molecule has 5 heteroatoms. The Morgan fingerprint density at radius 2 is 2.42 bits per heavy atom. The molecule has 0 saturated carbocycles. The van der Waals surface area contributed by atoms with Crippen LogP contribution in [0.1, 0.15) is 0 Å². The lowest BCUT2D eigenvalue weighted by atomic mass is 10.1. The highest BCUT2D eigenvalue weighted by Crippen LogP contribution is 2.30. The molecular formula is C7H10O4S. The van der Waals surface area contributed by atoms with Gasteiger partial charge in [-0.3, -0.25) is 8.37 Å². The zero-order valence-corrected chi connectivity index (χ0v) is 7.20. The summed E-state index contributed by atoms with van der Waals surface area (Å²) in [5.74, 6) is 3.62. The summed E-state index contributed by atoms with van der Waals surface area (Å²) in [5.41, 5.74) is 0. The molecule has 2 aliphatic rings. The van der Waals surface area contributed by atoms with Crippen molar-refractivity contribution in [3.63, 3.8) is 0 Å². The molecule has 1 fully saturated rings. The fourth-order valence-corrected chi connectivity index (χ4v) is 2.01. The number of aliphatic hydroxyl groups is 1. The first-order valence-corrected chi connectivity index (χ1v) is 4.86. The largest absolute Gasteiger partial charge is 0.493 e. The number of ether oxygens (including phenoxy) is 1. The summed E-state index contributed by atoms with van der Waals surface area (Å²) in [6, 6.07) is 0. The third-order valence-corrected chi connectivity index (χ3v) is 2.65. The fraction of sp³-hybridized carbons (Fsp3) is 0.571. The zero-order chi connectivity index (χ0) is 8.55. The molecule has 0 aliphatic carbocycles. The molecule has 68 valence electrons. The molecule has 1 unspecified atom stereocenters. The zero-order valence-electron chi connectivity index (χ0n) is 6.38. The summed E-state index contributed by atoms with van der Waals surface area (Å²) in [4.78, 5) is 0. The van der Waals surface area contributed by atoms with Crippen LogP contribution in [0, 0.1) is 0 Å². The van der Waals surface area contributed by atoms with E-state index in [1.54, 1.807) is 6.08 Å². The number of aliphatic hydroxyl groups excluding tert-OH is 1. The van der Waals surface area contributed by atoms with Crippen LogP contribution in [0.15, 0.2) is 12.3 Å². The smallest absolute Gasteiger partial charge is 0.153 e. The average Bonchev–Trinajstić information content (AvgIpc) is 2.07. The molecule has 2 aliphatic heterocycles. The van der Waals surface area contributed by atoms with Crippen LogP contribution in [-0.2, 0) is 13.1 Å². The van der Waals surface area contributed by atoms with E-state index in [9.17, 15) is 5.11 Å². The third-order valence-electron chi connectivity index (χ3n) is 1.81. The summed E-state index contributed by atoms with van der Waals surface area (Å²) in [5, 5.41) is 9.45. The molecule has 1 N–H and O–H groups in total. The minimum absolute atomic E-state index is 0.199. The van der Waals surface area contributed by atoms with Crippen molar-refractivity contribution < 1.29 is 18.2 Å². The van der Waals surface area contributed by atoms with Gasteiger partial charge >= 0.3 is 0 Å². The second kappa shape index (κ2) is 3.18. The van der Waals surface area contributed by atoms with Crippen molar-refractivity contribution in [1.82, 2.24) is 0 Å². The minimum atomic E-state index is -0.753. The fourth-order valence-electron chi connectivity index (χ4n) is 1.18. The maximum absolute atomic E-state index is 9.45. The third kappa shape index (κ3) is 1.40. The van der Waals surface area contributed by atoms with Crippen molar-refractivity contribution >= 4 is 16.9 Å². The van der Waals surface area contributed by atoms with Gasteiger partial charge in [0.05, 0.1) is 17.3 Å². The van der Waals surface area contributed by atoms with Crippen molar-refractivity contribution in [2.75, 3.05) is 6.61 Å². The van der Waals surface area contributed by atoms with Crippen LogP contribution in [0.4, 0.5) is 0 Å². The highest BCUT2D eigenvalue weighted by atomic mass is 32.2. The van der Waals surface area contributed by atoms with Gasteiger partial charge in [-0.25, -0.2) is 0 Å². The lowest BCUT2D eigenvalue weighted by molar-refractivity contribution is -0.0781. The van der Waals surface area contributed by atoms with E-state index in [2.05, 4.69) is 5.87 Å². The molecule has 0 aromatic rings. The first kappa shape index (κ1) is 8.25. The summed E-state index contributed by atoms with van der Waals surface area (Å²) >= 11 is -0.753. The van der Waals surface area contributed by atoms with Gasteiger partial charge in [0.1, 0.15) is 18.8 Å². The molecular weight excluding hydrogens is 180 g/mol. The van der Waals surface area contributed by atoms with Crippen molar-refractivity contribution in [1.29, 1.82) is 0 Å². The van der Waals surface area contributed by atoms with Crippen molar-refractivity contribution in [2.24, 2.45) is 0 Å². The molecule has 2 heterocycles. The maximum atomic E-state index is 9.45. The van der Waals surface area contributed by atoms with E-state index in [4.69, 9.17) is 13.1 Å². The van der Waals surface area contributed by atoms with Gasteiger partial charge in [0.25, 0.3) is 0 Å². The first-order valence-electron chi connectivity index (χ1n) is 3.62. The van der Waals surface area contributed by atoms with Gasteiger partial charge in [0, 0.05) is 0 Å². The van der Waals surface area contributed by atoms with Gasteiger partial charge in [0.2, 0.25) is 0 Å². The molecule has 0 spiro atoms. The van der Waals surface area contributed by atoms with E-state index >= 15 is 0 Å². The SMILES string of the molecule is C=S1OC[C@H]2OC=C[C@@H](O)[C@@H]2O1. The Balaban J connectivity index is 2.12. The Bertz CT molecular complexity index is 227. The topological polar surface area (TPSA) is 47.9 Å². The summed E-state index contributed by atoms with van der Waals surface area (Å²) in [7, 11) is 0. The van der Waals surface area contributed by atoms with Crippen molar-refractivity contribution in [3.05, 3.63) is 12.3 Å². The molecule has 0 amide bonds. The van der Waals surface area contributed by atoms with Gasteiger partial charge in [-0.2, -0.15) is 0 Å². The predicted octanol–water partition coefficient (Wildman–Crippen LogP) is 0.206. The van der Waals surface area contributed by atoms with Crippen LogP contribution in [0.25, 0.3) is 0 Å². The first-order chi connectivity index (χ1) is 5.77. The van der Waals surface area contributed by atoms with Gasteiger partial charge < -0.3 is 9.84 Å². The van der Waals surface area contributed by atoms with Gasteiger partial charge in [-0.05, 0) is 11.9 Å². The molecule has 0 aromatic carbocycles. The predicted molar refractivity (Wildman–Crippen MR) is 45.6 cm³/mol. The van der Waals surface area contributed by atoms with E-state index in [1.165, 1.54) is 6.26 Å². The molecule has 2 rings (SSSR count). The van der Waals surface area contributed by atoms with Gasteiger partial charge in [0.15, 0.2) is 6.10 Å². The average molecular weight is 190 g/mol. The standard InChI is InChI=1S/C7H10O4S/c1-12-10-4-6-7(11-12)5(8)2-3-9-6/h2-3,5-8H,1,4H2/t5-,6-,7+,12?/m1/s1. The van der Waals surface area contributed by atoms with Crippen LogP contribution in [0.3, 0.4) is 0 Å². The van der Waals surface area contributed by atoms with E-state index in [0.717, 1.165) is 0 Å². The quantitative estimate of drug-likeness (QED) is 0.554. The summed E-state index contributed by atoms with van der Waals surface area (Å²) in [6.45, 7) is 0.429.